The minimum absolute atomic E-state index is 0.0737. The molecule has 1 aromatic carbocycles. The summed E-state index contributed by atoms with van der Waals surface area (Å²) >= 11 is 0. The molecule has 0 bridgehead atoms. The van der Waals surface area contributed by atoms with Crippen LogP contribution in [0.4, 0.5) is 10.1 Å². The van der Waals surface area contributed by atoms with Crippen LogP contribution < -0.4 is 4.90 Å². The van der Waals surface area contributed by atoms with Gasteiger partial charge in [0.25, 0.3) is 0 Å². The molecule has 0 aliphatic carbocycles. The van der Waals surface area contributed by atoms with Gasteiger partial charge in [-0.3, -0.25) is 0 Å². The highest BCUT2D eigenvalue weighted by atomic mass is 19.1. The maximum absolute atomic E-state index is 13.0. The lowest BCUT2D eigenvalue weighted by atomic mass is 10.1. The molecule has 1 aromatic rings. The Bertz CT molecular complexity index is 397. The van der Waals surface area contributed by atoms with Crippen molar-refractivity contribution in [3.05, 3.63) is 29.8 Å². The van der Waals surface area contributed by atoms with Crippen molar-refractivity contribution in [1.82, 2.24) is 0 Å². The quantitative estimate of drug-likeness (QED) is 0.829. The number of carboxylic acid groups (broad SMARTS) is 1. The van der Waals surface area contributed by atoms with Crippen molar-refractivity contribution >= 4 is 11.7 Å². The Balaban J connectivity index is 2.28. The zero-order chi connectivity index (χ0) is 11.5. The molecule has 1 fully saturated rings. The van der Waals surface area contributed by atoms with Gasteiger partial charge in [0, 0.05) is 6.54 Å². The Hall–Kier alpha value is -1.62. The largest absolute Gasteiger partial charge is 0.478 e. The number of aromatic carboxylic acids is 1. The number of hydrogen-bond acceptors (Lipinski definition) is 3. The number of anilines is 1. The van der Waals surface area contributed by atoms with Gasteiger partial charge in [0.1, 0.15) is 0 Å². The lowest BCUT2D eigenvalue weighted by molar-refractivity contribution is -0.0465. The number of morpholine rings is 1. The molecule has 0 aromatic heterocycles. The number of halogens is 1. The minimum Gasteiger partial charge on any atom is -0.478 e. The van der Waals surface area contributed by atoms with Gasteiger partial charge in [0.05, 0.1) is 24.4 Å². The van der Waals surface area contributed by atoms with Gasteiger partial charge >= 0.3 is 5.97 Å². The summed E-state index contributed by atoms with van der Waals surface area (Å²) in [6, 6.07) is 6.59. The van der Waals surface area contributed by atoms with Crippen LogP contribution in [0.1, 0.15) is 10.4 Å². The van der Waals surface area contributed by atoms with Crippen LogP contribution in [0.2, 0.25) is 0 Å². The molecule has 86 valence electrons. The molecule has 1 unspecified atom stereocenters. The molecule has 0 spiro atoms. The second kappa shape index (κ2) is 4.49. The highest BCUT2D eigenvalue weighted by Crippen LogP contribution is 2.22. The third-order valence-electron chi connectivity index (χ3n) is 2.50. The van der Waals surface area contributed by atoms with Gasteiger partial charge in [0.15, 0.2) is 0 Å². The van der Waals surface area contributed by atoms with Gasteiger partial charge in [-0.25, -0.2) is 9.18 Å². The maximum atomic E-state index is 13.0. The zero-order valence-electron chi connectivity index (χ0n) is 8.60. The Morgan fingerprint density at radius 2 is 2.25 bits per heavy atom. The molecule has 1 heterocycles. The van der Waals surface area contributed by atoms with Crippen molar-refractivity contribution in [3.63, 3.8) is 0 Å². The number of nitrogens with zero attached hydrogens (tertiary/aromatic N) is 1. The first-order chi connectivity index (χ1) is 7.68. The third-order valence-corrected chi connectivity index (χ3v) is 2.50. The van der Waals surface area contributed by atoms with Crippen molar-refractivity contribution in [1.29, 1.82) is 0 Å². The monoisotopic (exact) mass is 225 g/mol. The van der Waals surface area contributed by atoms with E-state index in [1.165, 1.54) is 6.07 Å². The van der Waals surface area contributed by atoms with Gasteiger partial charge in [-0.1, -0.05) is 12.1 Å². The first-order valence-electron chi connectivity index (χ1n) is 5.01. The molecule has 1 aliphatic rings. The van der Waals surface area contributed by atoms with Gasteiger partial charge < -0.3 is 14.7 Å². The van der Waals surface area contributed by atoms with E-state index >= 15 is 0 Å². The summed E-state index contributed by atoms with van der Waals surface area (Å²) < 4.78 is 17.8. The standard InChI is InChI=1S/C11H12FNO3/c12-10-7-13(5-6-16-10)9-4-2-1-3-8(9)11(14)15/h1-4,10H,5-7H2,(H,14,15). The van der Waals surface area contributed by atoms with E-state index in [-0.39, 0.29) is 18.7 Å². The van der Waals surface area contributed by atoms with Crippen molar-refractivity contribution in [2.45, 2.75) is 6.36 Å². The summed E-state index contributed by atoms with van der Waals surface area (Å²) in [4.78, 5) is 12.7. The Morgan fingerprint density at radius 1 is 1.50 bits per heavy atom. The molecule has 0 radical (unpaired) electrons. The number of para-hydroxylation sites is 1. The van der Waals surface area contributed by atoms with Crippen LogP contribution in [0.15, 0.2) is 24.3 Å². The second-order valence-corrected chi connectivity index (χ2v) is 3.55. The average molecular weight is 225 g/mol. The molecule has 5 heteroatoms. The summed E-state index contributed by atoms with van der Waals surface area (Å²) in [6.45, 7) is 0.851. The number of carboxylic acids is 1. The summed E-state index contributed by atoms with van der Waals surface area (Å²) in [5.74, 6) is -1.00. The van der Waals surface area contributed by atoms with E-state index in [0.717, 1.165) is 0 Å². The van der Waals surface area contributed by atoms with Crippen LogP contribution >= 0.6 is 0 Å². The maximum Gasteiger partial charge on any atom is 0.337 e. The summed E-state index contributed by atoms with van der Waals surface area (Å²) in [7, 11) is 0. The molecule has 0 saturated carbocycles. The molecular weight excluding hydrogens is 213 g/mol. The molecule has 0 amide bonds. The fourth-order valence-electron chi connectivity index (χ4n) is 1.76. The van der Waals surface area contributed by atoms with Crippen LogP contribution in [-0.4, -0.2) is 37.1 Å². The number of rotatable bonds is 2. The van der Waals surface area contributed by atoms with Gasteiger partial charge in [0.2, 0.25) is 6.36 Å². The topological polar surface area (TPSA) is 49.8 Å². The van der Waals surface area contributed by atoms with Crippen LogP contribution in [0.5, 0.6) is 0 Å². The first-order valence-corrected chi connectivity index (χ1v) is 5.01. The Morgan fingerprint density at radius 3 is 2.94 bits per heavy atom. The SMILES string of the molecule is O=C(O)c1ccccc1N1CCOC(F)C1. The van der Waals surface area contributed by atoms with Crippen LogP contribution in [0.3, 0.4) is 0 Å². The number of carbonyl (C=O) groups is 1. The fraction of sp³-hybridized carbons (Fsp3) is 0.364. The predicted molar refractivity (Wildman–Crippen MR) is 56.5 cm³/mol. The highest BCUT2D eigenvalue weighted by molar-refractivity contribution is 5.94. The molecular formula is C11H12FNO3. The highest BCUT2D eigenvalue weighted by Gasteiger charge is 2.22. The van der Waals surface area contributed by atoms with Crippen molar-refractivity contribution in [2.75, 3.05) is 24.6 Å². The fourth-order valence-corrected chi connectivity index (χ4v) is 1.76. The number of alkyl halides is 1. The molecule has 1 atom stereocenters. The van der Waals surface area contributed by atoms with E-state index in [1.807, 2.05) is 0 Å². The van der Waals surface area contributed by atoms with Crippen LogP contribution in [-0.2, 0) is 4.74 Å². The molecule has 4 nitrogen and oxygen atoms in total. The average Bonchev–Trinajstić information content (AvgIpc) is 2.29. The smallest absolute Gasteiger partial charge is 0.337 e. The molecule has 16 heavy (non-hydrogen) atoms. The Kier molecular flexibility index (Phi) is 3.05. The normalized spacial score (nSPS) is 20.8. The van der Waals surface area contributed by atoms with E-state index in [9.17, 15) is 9.18 Å². The van der Waals surface area contributed by atoms with E-state index in [1.54, 1.807) is 23.1 Å². The lowest BCUT2D eigenvalue weighted by Gasteiger charge is -2.31. The van der Waals surface area contributed by atoms with E-state index in [0.29, 0.717) is 12.2 Å². The predicted octanol–water partition coefficient (Wildman–Crippen LogP) is 1.52. The van der Waals surface area contributed by atoms with Gasteiger partial charge in [-0.2, -0.15) is 0 Å². The minimum atomic E-state index is -1.35. The van der Waals surface area contributed by atoms with Crippen molar-refractivity contribution < 1.29 is 19.0 Å². The van der Waals surface area contributed by atoms with Crippen LogP contribution in [0, 0.1) is 0 Å². The molecule has 2 rings (SSSR count). The van der Waals surface area contributed by atoms with Crippen molar-refractivity contribution in [2.24, 2.45) is 0 Å². The van der Waals surface area contributed by atoms with Gasteiger partial charge in [-0.05, 0) is 12.1 Å². The third kappa shape index (κ3) is 2.14. The second-order valence-electron chi connectivity index (χ2n) is 3.55. The summed E-state index contributed by atoms with van der Waals surface area (Å²) in [5.41, 5.74) is 0.734. The zero-order valence-corrected chi connectivity index (χ0v) is 8.60. The summed E-state index contributed by atoms with van der Waals surface area (Å²) in [5, 5.41) is 9.01. The lowest BCUT2D eigenvalue weighted by Crippen LogP contribution is -2.41. The van der Waals surface area contributed by atoms with Gasteiger partial charge in [-0.15, -0.1) is 0 Å². The molecule has 1 N–H and O–H groups in total. The van der Waals surface area contributed by atoms with E-state index < -0.39 is 12.3 Å². The van der Waals surface area contributed by atoms with E-state index in [4.69, 9.17) is 9.84 Å². The first kappa shape index (κ1) is 10.9. The number of hydrogen-bond donors (Lipinski definition) is 1. The van der Waals surface area contributed by atoms with E-state index in [2.05, 4.69) is 0 Å². The molecule has 1 aliphatic heterocycles. The summed E-state index contributed by atoms with van der Waals surface area (Å²) in [6.07, 6.45) is -1.35. The van der Waals surface area contributed by atoms with Crippen LogP contribution in [0.25, 0.3) is 0 Å². The molecule has 1 saturated heterocycles. The number of ether oxygens (including phenoxy) is 1. The van der Waals surface area contributed by atoms with Crippen molar-refractivity contribution in [3.8, 4) is 0 Å². The Labute approximate surface area is 92.2 Å². The number of benzene rings is 1.